The Hall–Kier alpha value is -2.22. The van der Waals surface area contributed by atoms with Gasteiger partial charge in [-0.1, -0.05) is 0 Å². The predicted molar refractivity (Wildman–Crippen MR) is 64.9 cm³/mol. The van der Waals surface area contributed by atoms with Crippen molar-refractivity contribution in [1.29, 1.82) is 5.26 Å². The van der Waals surface area contributed by atoms with Gasteiger partial charge in [-0.05, 0) is 19.1 Å². The maximum absolute atomic E-state index is 11.3. The first kappa shape index (κ1) is 12.8. The van der Waals surface area contributed by atoms with Gasteiger partial charge in [-0.25, -0.2) is 0 Å². The summed E-state index contributed by atoms with van der Waals surface area (Å²) >= 11 is 0. The first-order chi connectivity index (χ1) is 8.21. The molecule has 0 atom stereocenters. The van der Waals surface area contributed by atoms with Crippen molar-refractivity contribution in [2.45, 2.75) is 6.92 Å². The fourth-order valence-electron chi connectivity index (χ4n) is 1.34. The van der Waals surface area contributed by atoms with E-state index in [-0.39, 0.29) is 12.5 Å². The Bertz CT molecular complexity index is 438. The van der Waals surface area contributed by atoms with Crippen LogP contribution in [0.5, 0.6) is 5.75 Å². The number of methoxy groups -OCH3 is 1. The van der Waals surface area contributed by atoms with Crippen LogP contribution in [-0.2, 0) is 4.79 Å². The Morgan fingerprint density at radius 2 is 2.29 bits per heavy atom. The van der Waals surface area contributed by atoms with Gasteiger partial charge in [0.1, 0.15) is 5.75 Å². The average molecular weight is 233 g/mol. The maximum atomic E-state index is 11.3. The van der Waals surface area contributed by atoms with E-state index in [1.807, 2.05) is 13.0 Å². The van der Waals surface area contributed by atoms with Crippen LogP contribution in [-0.4, -0.2) is 26.1 Å². The zero-order chi connectivity index (χ0) is 12.7. The molecule has 0 aliphatic carbocycles. The normalized spacial score (nSPS) is 9.24. The van der Waals surface area contributed by atoms with Crippen LogP contribution < -0.4 is 15.4 Å². The molecule has 90 valence electrons. The van der Waals surface area contributed by atoms with Gasteiger partial charge < -0.3 is 15.4 Å². The Morgan fingerprint density at radius 1 is 1.53 bits per heavy atom. The number of likely N-dealkylation sites (N-methyl/N-ethyl adjacent to an activating group) is 1. The minimum Gasteiger partial charge on any atom is -0.495 e. The van der Waals surface area contributed by atoms with E-state index in [0.717, 1.165) is 0 Å². The molecule has 0 aliphatic rings. The highest BCUT2D eigenvalue weighted by Crippen LogP contribution is 2.24. The van der Waals surface area contributed by atoms with E-state index in [2.05, 4.69) is 10.6 Å². The topological polar surface area (TPSA) is 74.2 Å². The number of carbonyl (C=O) groups excluding carboxylic acids is 1. The van der Waals surface area contributed by atoms with Gasteiger partial charge in [0.2, 0.25) is 5.91 Å². The van der Waals surface area contributed by atoms with Gasteiger partial charge in [-0.3, -0.25) is 4.79 Å². The summed E-state index contributed by atoms with van der Waals surface area (Å²) in [6.07, 6.45) is 0. The van der Waals surface area contributed by atoms with Crippen molar-refractivity contribution >= 4 is 11.6 Å². The largest absolute Gasteiger partial charge is 0.495 e. The van der Waals surface area contributed by atoms with Gasteiger partial charge in [-0.2, -0.15) is 5.26 Å². The summed E-state index contributed by atoms with van der Waals surface area (Å²) in [5.74, 6) is 0.465. The molecule has 5 nitrogen and oxygen atoms in total. The van der Waals surface area contributed by atoms with Crippen molar-refractivity contribution in [2.24, 2.45) is 0 Å². The van der Waals surface area contributed by atoms with Crippen molar-refractivity contribution in [3.8, 4) is 11.8 Å². The molecule has 1 rings (SSSR count). The Kier molecular flexibility index (Phi) is 4.82. The molecule has 0 radical (unpaired) electrons. The fraction of sp³-hybridized carbons (Fsp3) is 0.333. The lowest BCUT2D eigenvalue weighted by atomic mass is 10.2. The Morgan fingerprint density at radius 3 is 2.88 bits per heavy atom. The van der Waals surface area contributed by atoms with Crippen molar-refractivity contribution in [3.05, 3.63) is 23.8 Å². The lowest BCUT2D eigenvalue weighted by molar-refractivity contribution is -0.119. The van der Waals surface area contributed by atoms with Crippen molar-refractivity contribution in [3.63, 3.8) is 0 Å². The molecule has 0 unspecified atom stereocenters. The third-order valence-corrected chi connectivity index (χ3v) is 2.14. The molecule has 1 aromatic carbocycles. The van der Waals surface area contributed by atoms with Crippen LogP contribution in [0.25, 0.3) is 0 Å². The third kappa shape index (κ3) is 3.68. The Labute approximate surface area is 100 Å². The van der Waals surface area contributed by atoms with Crippen LogP contribution in [0.3, 0.4) is 0 Å². The summed E-state index contributed by atoms with van der Waals surface area (Å²) in [5.41, 5.74) is 1.21. The Balaban J connectivity index is 2.71. The number of nitriles is 1. The number of hydrogen-bond donors (Lipinski definition) is 2. The predicted octanol–water partition coefficient (Wildman–Crippen LogP) is 1.11. The van der Waals surface area contributed by atoms with Crippen molar-refractivity contribution in [2.75, 3.05) is 25.5 Å². The lowest BCUT2D eigenvalue weighted by Gasteiger charge is -2.10. The summed E-state index contributed by atoms with van der Waals surface area (Å²) in [4.78, 5) is 11.3. The van der Waals surface area contributed by atoms with Crippen LogP contribution in [0.2, 0.25) is 0 Å². The lowest BCUT2D eigenvalue weighted by Crippen LogP contribution is -2.29. The number of ether oxygens (including phenoxy) is 1. The molecule has 0 heterocycles. The summed E-state index contributed by atoms with van der Waals surface area (Å²) in [6.45, 7) is 2.64. The molecule has 0 spiro atoms. The van der Waals surface area contributed by atoms with E-state index >= 15 is 0 Å². The molecule has 1 aromatic rings. The number of benzene rings is 1. The minimum absolute atomic E-state index is 0.0843. The SMILES string of the molecule is CCNC(=O)CNc1ccc(C#N)cc1OC. The van der Waals surface area contributed by atoms with Gasteiger partial charge in [-0.15, -0.1) is 0 Å². The average Bonchev–Trinajstić information content (AvgIpc) is 2.36. The molecule has 5 heteroatoms. The number of rotatable bonds is 5. The third-order valence-electron chi connectivity index (χ3n) is 2.14. The molecule has 2 N–H and O–H groups in total. The number of amides is 1. The highest BCUT2D eigenvalue weighted by Gasteiger charge is 2.05. The van der Waals surface area contributed by atoms with Gasteiger partial charge in [0.15, 0.2) is 0 Å². The van der Waals surface area contributed by atoms with Crippen molar-refractivity contribution < 1.29 is 9.53 Å². The summed E-state index contributed by atoms with van der Waals surface area (Å²) in [7, 11) is 1.52. The fourth-order valence-corrected chi connectivity index (χ4v) is 1.34. The van der Waals surface area contributed by atoms with Crippen LogP contribution in [0, 0.1) is 11.3 Å². The summed E-state index contributed by atoms with van der Waals surface area (Å²) in [5, 5.41) is 14.4. The quantitative estimate of drug-likeness (QED) is 0.799. The molecule has 0 saturated heterocycles. The highest BCUT2D eigenvalue weighted by molar-refractivity contribution is 5.81. The van der Waals surface area contributed by atoms with Gasteiger partial charge in [0, 0.05) is 12.6 Å². The van der Waals surface area contributed by atoms with Crippen molar-refractivity contribution in [1.82, 2.24) is 5.32 Å². The number of anilines is 1. The number of nitrogens with zero attached hydrogens (tertiary/aromatic N) is 1. The number of carbonyl (C=O) groups is 1. The van der Waals surface area contributed by atoms with Crippen LogP contribution in [0.15, 0.2) is 18.2 Å². The highest BCUT2D eigenvalue weighted by atomic mass is 16.5. The first-order valence-corrected chi connectivity index (χ1v) is 5.30. The molecule has 0 aliphatic heterocycles. The molecule has 1 amide bonds. The van der Waals surface area contributed by atoms with E-state index in [1.165, 1.54) is 7.11 Å². The number of hydrogen-bond acceptors (Lipinski definition) is 4. The van der Waals surface area contributed by atoms with Gasteiger partial charge in [0.05, 0.1) is 31.0 Å². The van der Waals surface area contributed by atoms with E-state index in [9.17, 15) is 4.79 Å². The summed E-state index contributed by atoms with van der Waals surface area (Å²) in [6, 6.07) is 7.04. The minimum atomic E-state index is -0.0843. The standard InChI is InChI=1S/C12H15N3O2/c1-3-14-12(16)8-15-10-5-4-9(7-13)6-11(10)17-2/h4-6,15H,3,8H2,1-2H3,(H,14,16). The summed E-state index contributed by atoms with van der Waals surface area (Å²) < 4.78 is 5.13. The number of nitrogens with one attached hydrogen (secondary N) is 2. The molecular weight excluding hydrogens is 218 g/mol. The second kappa shape index (κ2) is 6.38. The molecule has 0 saturated carbocycles. The zero-order valence-corrected chi connectivity index (χ0v) is 9.91. The second-order valence-electron chi connectivity index (χ2n) is 3.33. The first-order valence-electron chi connectivity index (χ1n) is 5.30. The van der Waals surface area contributed by atoms with Crippen LogP contribution >= 0.6 is 0 Å². The van der Waals surface area contributed by atoms with E-state index in [0.29, 0.717) is 23.5 Å². The van der Waals surface area contributed by atoms with E-state index in [4.69, 9.17) is 10.00 Å². The second-order valence-corrected chi connectivity index (χ2v) is 3.33. The monoisotopic (exact) mass is 233 g/mol. The van der Waals surface area contributed by atoms with Crippen LogP contribution in [0.1, 0.15) is 12.5 Å². The molecule has 17 heavy (non-hydrogen) atoms. The molecule has 0 bridgehead atoms. The molecular formula is C12H15N3O2. The molecule has 0 fully saturated rings. The van der Waals surface area contributed by atoms with E-state index < -0.39 is 0 Å². The van der Waals surface area contributed by atoms with Gasteiger partial charge in [0.25, 0.3) is 0 Å². The van der Waals surface area contributed by atoms with Crippen LogP contribution in [0.4, 0.5) is 5.69 Å². The van der Waals surface area contributed by atoms with Gasteiger partial charge >= 0.3 is 0 Å². The maximum Gasteiger partial charge on any atom is 0.239 e. The smallest absolute Gasteiger partial charge is 0.239 e. The van der Waals surface area contributed by atoms with E-state index in [1.54, 1.807) is 18.2 Å². The molecule has 0 aromatic heterocycles. The zero-order valence-electron chi connectivity index (χ0n) is 9.91.